The van der Waals surface area contributed by atoms with Crippen molar-refractivity contribution in [3.63, 3.8) is 0 Å². The van der Waals surface area contributed by atoms with Crippen LogP contribution in [0.25, 0.3) is 0 Å². The lowest BCUT2D eigenvalue weighted by Crippen LogP contribution is -2.18. The molecule has 0 aromatic heterocycles. The number of hydrogen-bond donors (Lipinski definition) is 0. The van der Waals surface area contributed by atoms with Gasteiger partial charge in [-0.25, -0.2) is 17.2 Å². The number of hydrogen-bond acceptors (Lipinski definition) is 4. The second kappa shape index (κ2) is 9.47. The maximum Gasteiger partial charge on any atom is 0.178 e. The molecule has 1 saturated carbocycles. The Labute approximate surface area is 202 Å². The molecule has 3 aromatic carbocycles. The number of carbonyl (C=O) groups excluding carboxylic acids is 1. The summed E-state index contributed by atoms with van der Waals surface area (Å²) >= 11 is 5.82. The summed E-state index contributed by atoms with van der Waals surface area (Å²) < 4.78 is 58.8. The number of halogens is 3. The number of carbonyl (C=O) groups is 1. The fourth-order valence-corrected chi connectivity index (χ4v) is 4.89. The highest BCUT2D eigenvalue weighted by atomic mass is 35.5. The van der Waals surface area contributed by atoms with Crippen molar-refractivity contribution in [1.29, 1.82) is 0 Å². The fourth-order valence-electron chi connectivity index (χ4n) is 3.85. The molecule has 0 atom stereocenters. The molecule has 0 N–H and O–H groups in total. The van der Waals surface area contributed by atoms with Crippen molar-refractivity contribution < 1.29 is 26.7 Å². The van der Waals surface area contributed by atoms with E-state index in [9.17, 15) is 22.0 Å². The van der Waals surface area contributed by atoms with Crippen LogP contribution in [0.4, 0.5) is 8.78 Å². The average Bonchev–Trinajstić information content (AvgIpc) is 3.56. The van der Waals surface area contributed by atoms with Crippen LogP contribution in [0.5, 0.6) is 5.75 Å². The highest BCUT2D eigenvalue weighted by molar-refractivity contribution is 7.91. The van der Waals surface area contributed by atoms with E-state index in [1.54, 1.807) is 37.3 Å². The van der Waals surface area contributed by atoms with Gasteiger partial charge in [0.05, 0.1) is 10.6 Å². The molecule has 1 fully saturated rings. The van der Waals surface area contributed by atoms with Gasteiger partial charge >= 0.3 is 0 Å². The van der Waals surface area contributed by atoms with Gasteiger partial charge in [0.15, 0.2) is 21.4 Å². The van der Waals surface area contributed by atoms with Crippen molar-refractivity contribution in [2.75, 3.05) is 5.75 Å². The van der Waals surface area contributed by atoms with E-state index in [0.29, 0.717) is 29.5 Å². The Morgan fingerprint density at radius 3 is 2.18 bits per heavy atom. The summed E-state index contributed by atoms with van der Waals surface area (Å²) in [4.78, 5) is 12.7. The van der Waals surface area contributed by atoms with Crippen molar-refractivity contribution in [1.82, 2.24) is 0 Å². The van der Waals surface area contributed by atoms with E-state index in [1.807, 2.05) is 0 Å². The minimum Gasteiger partial charge on any atom is -0.479 e. The molecule has 8 heteroatoms. The first-order chi connectivity index (χ1) is 16.1. The van der Waals surface area contributed by atoms with Gasteiger partial charge in [-0.15, -0.1) is 0 Å². The van der Waals surface area contributed by atoms with Gasteiger partial charge in [-0.1, -0.05) is 42.8 Å². The van der Waals surface area contributed by atoms with E-state index < -0.39 is 27.1 Å². The topological polar surface area (TPSA) is 60.4 Å². The zero-order chi connectivity index (χ0) is 24.5. The van der Waals surface area contributed by atoms with E-state index in [2.05, 4.69) is 0 Å². The zero-order valence-corrected chi connectivity index (χ0v) is 20.1. The second-order valence-corrected chi connectivity index (χ2v) is 11.1. The van der Waals surface area contributed by atoms with Crippen LogP contribution in [0.15, 0.2) is 65.6 Å². The Balaban J connectivity index is 1.41. The molecule has 34 heavy (non-hydrogen) atoms. The summed E-state index contributed by atoms with van der Waals surface area (Å²) in [6.45, 7) is 1.57. The molecule has 4 nitrogen and oxygen atoms in total. The predicted molar refractivity (Wildman–Crippen MR) is 126 cm³/mol. The third-order valence-electron chi connectivity index (χ3n) is 5.89. The number of benzene rings is 3. The summed E-state index contributed by atoms with van der Waals surface area (Å²) in [7, 11) is -3.30. The standard InChI is InChI=1S/C26H23ClF2O4S/c1-2-34(31,32)21-7-3-17(4-8-21)13-20(30)14-18-5-10-25(24(29)15-18)33-26(11-12-26)22-9-6-19(27)16-23(22)28/h3-10,15-16H,2,11-14H2,1H3. The maximum atomic E-state index is 14.7. The quantitative estimate of drug-likeness (QED) is 0.367. The van der Waals surface area contributed by atoms with Gasteiger partial charge in [-0.2, -0.15) is 0 Å². The Morgan fingerprint density at radius 2 is 1.59 bits per heavy atom. The van der Waals surface area contributed by atoms with Gasteiger partial charge in [-0.3, -0.25) is 4.79 Å². The Bertz CT molecular complexity index is 1330. The number of ether oxygens (including phenoxy) is 1. The molecular weight excluding hydrogens is 482 g/mol. The van der Waals surface area contributed by atoms with Gasteiger partial charge in [0.1, 0.15) is 17.2 Å². The largest absolute Gasteiger partial charge is 0.479 e. The van der Waals surface area contributed by atoms with Crippen molar-refractivity contribution in [3.8, 4) is 5.75 Å². The SMILES string of the molecule is CCS(=O)(=O)c1ccc(CC(=O)Cc2ccc(OC3(c4ccc(Cl)cc4F)CC3)c(F)c2)cc1. The van der Waals surface area contributed by atoms with Gasteiger partial charge in [0.25, 0.3) is 0 Å². The Kier molecular flexibility index (Phi) is 6.78. The second-order valence-electron chi connectivity index (χ2n) is 8.42. The third-order valence-corrected chi connectivity index (χ3v) is 7.88. The van der Waals surface area contributed by atoms with Crippen LogP contribution in [-0.4, -0.2) is 20.0 Å². The molecule has 4 rings (SSSR count). The molecule has 0 heterocycles. The van der Waals surface area contributed by atoms with Crippen LogP contribution in [0.3, 0.4) is 0 Å². The normalized spacial score (nSPS) is 14.6. The van der Waals surface area contributed by atoms with Crippen molar-refractivity contribution in [3.05, 3.63) is 94.0 Å². The summed E-state index contributed by atoms with van der Waals surface area (Å²) in [5, 5.41) is 0.277. The van der Waals surface area contributed by atoms with Gasteiger partial charge in [-0.05, 0) is 60.4 Å². The molecule has 1 aliphatic carbocycles. The summed E-state index contributed by atoms with van der Waals surface area (Å²) in [6, 6.07) is 14.9. The van der Waals surface area contributed by atoms with E-state index in [-0.39, 0.29) is 40.0 Å². The Hall–Kier alpha value is -2.77. The molecule has 0 aliphatic heterocycles. The van der Waals surface area contributed by atoms with Crippen LogP contribution in [-0.2, 0) is 33.1 Å². The van der Waals surface area contributed by atoms with Crippen molar-refractivity contribution >= 4 is 27.2 Å². The maximum absolute atomic E-state index is 14.7. The van der Waals surface area contributed by atoms with Gasteiger partial charge in [0.2, 0.25) is 0 Å². The summed E-state index contributed by atoms with van der Waals surface area (Å²) in [5.74, 6) is -1.25. The lowest BCUT2D eigenvalue weighted by Gasteiger charge is -2.20. The van der Waals surface area contributed by atoms with Crippen LogP contribution in [0, 0.1) is 11.6 Å². The average molecular weight is 505 g/mol. The number of rotatable bonds is 9. The summed E-state index contributed by atoms with van der Waals surface area (Å²) in [6.07, 6.45) is 1.24. The molecule has 0 unspecified atom stereocenters. The molecule has 178 valence electrons. The van der Waals surface area contributed by atoms with Crippen molar-refractivity contribution in [2.24, 2.45) is 0 Å². The van der Waals surface area contributed by atoms with E-state index in [4.69, 9.17) is 16.3 Å². The molecule has 0 saturated heterocycles. The van der Waals surface area contributed by atoms with Crippen LogP contribution in [0.2, 0.25) is 5.02 Å². The first-order valence-corrected chi connectivity index (χ1v) is 12.9. The van der Waals surface area contributed by atoms with Crippen molar-refractivity contribution in [2.45, 2.75) is 43.1 Å². The smallest absolute Gasteiger partial charge is 0.178 e. The molecule has 0 radical (unpaired) electrons. The monoisotopic (exact) mass is 504 g/mol. The van der Waals surface area contributed by atoms with Crippen LogP contribution < -0.4 is 4.74 Å². The highest BCUT2D eigenvalue weighted by Crippen LogP contribution is 2.50. The van der Waals surface area contributed by atoms with Crippen LogP contribution in [0.1, 0.15) is 36.5 Å². The molecule has 1 aliphatic rings. The molecule has 0 bridgehead atoms. The van der Waals surface area contributed by atoms with E-state index in [1.165, 1.54) is 30.3 Å². The zero-order valence-electron chi connectivity index (χ0n) is 18.5. The molecule has 0 spiro atoms. The number of sulfone groups is 1. The summed E-state index contributed by atoms with van der Waals surface area (Å²) in [5.41, 5.74) is 0.599. The third kappa shape index (κ3) is 5.31. The van der Waals surface area contributed by atoms with Gasteiger partial charge in [0, 0.05) is 23.4 Å². The Morgan fingerprint density at radius 1 is 0.941 bits per heavy atom. The highest BCUT2D eigenvalue weighted by Gasteiger charge is 2.49. The first kappa shape index (κ1) is 24.4. The number of ketones is 1. The first-order valence-electron chi connectivity index (χ1n) is 10.9. The fraction of sp³-hybridized carbons (Fsp3) is 0.269. The number of Topliss-reactive ketones (excluding diaryl/α,β-unsaturated/α-hetero) is 1. The van der Waals surface area contributed by atoms with E-state index >= 15 is 0 Å². The molecular formula is C26H23ClF2O4S. The van der Waals surface area contributed by atoms with Crippen LogP contribution >= 0.6 is 11.6 Å². The predicted octanol–water partition coefficient (Wildman–Crippen LogP) is 5.83. The lowest BCUT2D eigenvalue weighted by molar-refractivity contribution is -0.117. The lowest BCUT2D eigenvalue weighted by atomic mass is 10.0. The van der Waals surface area contributed by atoms with E-state index in [0.717, 1.165) is 0 Å². The van der Waals surface area contributed by atoms with Gasteiger partial charge < -0.3 is 4.74 Å². The molecule has 0 amide bonds. The minimum atomic E-state index is -3.30. The molecule has 3 aromatic rings. The minimum absolute atomic E-state index is 0.00392.